The maximum absolute atomic E-state index is 13.2. The van der Waals surface area contributed by atoms with Gasteiger partial charge in [-0.15, -0.1) is 0 Å². The molecule has 4 N–H and O–H groups in total. The van der Waals surface area contributed by atoms with Crippen molar-refractivity contribution in [1.82, 2.24) is 9.36 Å². The molecule has 6 heteroatoms. The smallest absolute Gasteiger partial charge is 0.147 e. The molecule has 0 aliphatic heterocycles. The highest BCUT2D eigenvalue weighted by atomic mass is 32.1. The molecule has 2 rings (SSSR count). The highest BCUT2D eigenvalue weighted by molar-refractivity contribution is 7.05. The molecular formula is C14H19FN4S. The van der Waals surface area contributed by atoms with E-state index in [0.717, 1.165) is 29.2 Å². The summed E-state index contributed by atoms with van der Waals surface area (Å²) in [4.78, 5) is 4.46. The van der Waals surface area contributed by atoms with Gasteiger partial charge >= 0.3 is 0 Å². The average Bonchev–Trinajstić information content (AvgIpc) is 2.89. The van der Waals surface area contributed by atoms with Gasteiger partial charge in [-0.05, 0) is 55.0 Å². The predicted octanol–water partition coefficient (Wildman–Crippen LogP) is 2.32. The van der Waals surface area contributed by atoms with Crippen molar-refractivity contribution in [3.63, 3.8) is 0 Å². The monoisotopic (exact) mass is 294 g/mol. The number of aryl methyl sites for hydroxylation is 1. The summed E-state index contributed by atoms with van der Waals surface area (Å²) in [5, 5.41) is 0.840. The van der Waals surface area contributed by atoms with Gasteiger partial charge in [-0.2, -0.15) is 4.37 Å². The highest BCUT2D eigenvalue weighted by Gasteiger charge is 2.12. The third kappa shape index (κ3) is 3.82. The molecule has 1 atom stereocenters. The van der Waals surface area contributed by atoms with Crippen LogP contribution in [0.2, 0.25) is 0 Å². The Kier molecular flexibility index (Phi) is 5.17. The molecule has 0 saturated carbocycles. The van der Waals surface area contributed by atoms with Gasteiger partial charge in [0.1, 0.15) is 16.6 Å². The highest BCUT2D eigenvalue weighted by Crippen LogP contribution is 2.19. The quantitative estimate of drug-likeness (QED) is 0.857. The molecule has 0 bridgehead atoms. The lowest BCUT2D eigenvalue weighted by Gasteiger charge is -2.05. The van der Waals surface area contributed by atoms with Crippen LogP contribution in [0.15, 0.2) is 18.2 Å². The van der Waals surface area contributed by atoms with Gasteiger partial charge < -0.3 is 11.5 Å². The molecule has 0 aliphatic rings. The van der Waals surface area contributed by atoms with E-state index in [9.17, 15) is 4.39 Å². The Morgan fingerprint density at radius 2 is 2.20 bits per heavy atom. The summed E-state index contributed by atoms with van der Waals surface area (Å²) in [5.41, 5.74) is 13.1. The normalized spacial score (nSPS) is 12.6. The van der Waals surface area contributed by atoms with Gasteiger partial charge in [-0.1, -0.05) is 12.1 Å². The fraction of sp³-hybridized carbons (Fsp3) is 0.429. The standard InChI is InChI=1S/C14H19FN4S/c1-9-7-10(4-5-11(9)15)8-13-18-14(20-19-13)12(17)3-2-6-16/h4-5,7,12H,2-3,6,8,16-17H2,1H3. The van der Waals surface area contributed by atoms with E-state index in [1.807, 2.05) is 6.07 Å². The largest absolute Gasteiger partial charge is 0.330 e. The first-order valence-electron chi connectivity index (χ1n) is 6.63. The van der Waals surface area contributed by atoms with E-state index in [1.54, 1.807) is 13.0 Å². The van der Waals surface area contributed by atoms with Crippen LogP contribution in [0.25, 0.3) is 0 Å². The van der Waals surface area contributed by atoms with Crippen LogP contribution >= 0.6 is 11.5 Å². The Balaban J connectivity index is 2.03. The van der Waals surface area contributed by atoms with E-state index in [4.69, 9.17) is 11.5 Å². The van der Waals surface area contributed by atoms with Crippen LogP contribution in [0.3, 0.4) is 0 Å². The van der Waals surface area contributed by atoms with Crippen molar-refractivity contribution in [3.05, 3.63) is 46.0 Å². The van der Waals surface area contributed by atoms with Gasteiger partial charge in [-0.25, -0.2) is 9.37 Å². The van der Waals surface area contributed by atoms with Crippen LogP contribution in [0.1, 0.15) is 40.8 Å². The molecule has 1 unspecified atom stereocenters. The van der Waals surface area contributed by atoms with E-state index >= 15 is 0 Å². The van der Waals surface area contributed by atoms with Crippen molar-refractivity contribution in [2.45, 2.75) is 32.2 Å². The third-order valence-corrected chi connectivity index (χ3v) is 3.99. The summed E-state index contributed by atoms with van der Waals surface area (Å²) < 4.78 is 17.5. The Hall–Kier alpha value is -1.37. The van der Waals surface area contributed by atoms with Crippen molar-refractivity contribution in [2.24, 2.45) is 11.5 Å². The second-order valence-corrected chi connectivity index (χ2v) is 5.63. The average molecular weight is 294 g/mol. The second-order valence-electron chi connectivity index (χ2n) is 4.85. The molecule has 0 fully saturated rings. The molecule has 0 aliphatic carbocycles. The number of rotatable bonds is 6. The van der Waals surface area contributed by atoms with Gasteiger partial charge in [0.15, 0.2) is 0 Å². The molecule has 4 nitrogen and oxygen atoms in total. The number of hydrogen-bond donors (Lipinski definition) is 2. The SMILES string of the molecule is Cc1cc(Cc2nsc(C(N)CCCN)n2)ccc1F. The van der Waals surface area contributed by atoms with Crippen molar-refractivity contribution in [3.8, 4) is 0 Å². The number of hydrogen-bond acceptors (Lipinski definition) is 5. The van der Waals surface area contributed by atoms with Gasteiger partial charge in [-0.3, -0.25) is 0 Å². The van der Waals surface area contributed by atoms with E-state index in [1.165, 1.54) is 17.6 Å². The zero-order valence-corrected chi connectivity index (χ0v) is 12.3. The van der Waals surface area contributed by atoms with E-state index in [0.29, 0.717) is 18.5 Å². The number of nitrogens with two attached hydrogens (primary N) is 2. The maximum atomic E-state index is 13.2. The first kappa shape index (κ1) is 15.0. The van der Waals surface area contributed by atoms with E-state index in [-0.39, 0.29) is 11.9 Å². The Labute approximate surface area is 122 Å². The fourth-order valence-corrected chi connectivity index (χ4v) is 2.65. The summed E-state index contributed by atoms with van der Waals surface area (Å²) in [6.07, 6.45) is 2.30. The van der Waals surface area contributed by atoms with Crippen LogP contribution in [0.5, 0.6) is 0 Å². The summed E-state index contributed by atoms with van der Waals surface area (Å²) >= 11 is 1.33. The third-order valence-electron chi connectivity index (χ3n) is 3.10. The minimum atomic E-state index is -0.190. The van der Waals surface area contributed by atoms with Crippen molar-refractivity contribution >= 4 is 11.5 Å². The Morgan fingerprint density at radius 1 is 1.40 bits per heavy atom. The fourth-order valence-electron chi connectivity index (χ4n) is 1.95. The summed E-state index contributed by atoms with van der Waals surface area (Å²) in [6, 6.07) is 4.96. The van der Waals surface area contributed by atoms with E-state index in [2.05, 4.69) is 9.36 Å². The van der Waals surface area contributed by atoms with E-state index < -0.39 is 0 Å². The number of halogens is 1. The van der Waals surface area contributed by atoms with Crippen LogP contribution in [-0.4, -0.2) is 15.9 Å². The summed E-state index contributed by atoms with van der Waals surface area (Å²) in [6.45, 7) is 2.38. The minimum Gasteiger partial charge on any atom is -0.330 e. The van der Waals surface area contributed by atoms with Crippen molar-refractivity contribution < 1.29 is 4.39 Å². The molecule has 1 heterocycles. The zero-order valence-electron chi connectivity index (χ0n) is 11.5. The molecule has 0 spiro atoms. The lowest BCUT2D eigenvalue weighted by molar-refractivity contribution is 0.613. The minimum absolute atomic E-state index is 0.0975. The van der Waals surface area contributed by atoms with Gasteiger partial charge in [0.05, 0.1) is 6.04 Å². The first-order valence-corrected chi connectivity index (χ1v) is 7.40. The maximum Gasteiger partial charge on any atom is 0.147 e. The Morgan fingerprint density at radius 3 is 2.90 bits per heavy atom. The molecule has 108 valence electrons. The molecule has 1 aromatic heterocycles. The molecule has 0 radical (unpaired) electrons. The number of aromatic nitrogens is 2. The molecule has 1 aromatic carbocycles. The molecule has 0 amide bonds. The lowest BCUT2D eigenvalue weighted by Crippen LogP contribution is -2.12. The van der Waals surface area contributed by atoms with Crippen molar-refractivity contribution in [1.29, 1.82) is 0 Å². The summed E-state index contributed by atoms with van der Waals surface area (Å²) in [5.74, 6) is 0.545. The second kappa shape index (κ2) is 6.88. The number of benzene rings is 1. The lowest BCUT2D eigenvalue weighted by atomic mass is 10.1. The summed E-state index contributed by atoms with van der Waals surface area (Å²) in [7, 11) is 0. The molecule has 20 heavy (non-hydrogen) atoms. The van der Waals surface area contributed by atoms with Gasteiger partial charge in [0.25, 0.3) is 0 Å². The van der Waals surface area contributed by atoms with Crippen LogP contribution in [0.4, 0.5) is 4.39 Å². The van der Waals surface area contributed by atoms with Crippen LogP contribution in [0, 0.1) is 12.7 Å². The predicted molar refractivity (Wildman–Crippen MR) is 79.1 cm³/mol. The molecule has 0 saturated heterocycles. The zero-order chi connectivity index (χ0) is 14.5. The molecule has 2 aromatic rings. The van der Waals surface area contributed by atoms with Crippen molar-refractivity contribution in [2.75, 3.05) is 6.54 Å². The van der Waals surface area contributed by atoms with Gasteiger partial charge in [0, 0.05) is 6.42 Å². The Bertz CT molecular complexity index is 570. The van der Waals surface area contributed by atoms with Gasteiger partial charge in [0.2, 0.25) is 0 Å². The first-order chi connectivity index (χ1) is 9.60. The molecular weight excluding hydrogens is 275 g/mol. The van der Waals surface area contributed by atoms with Crippen LogP contribution < -0.4 is 11.5 Å². The number of nitrogens with zero attached hydrogens (tertiary/aromatic N) is 2. The topological polar surface area (TPSA) is 77.8 Å². The van der Waals surface area contributed by atoms with Crippen LogP contribution in [-0.2, 0) is 6.42 Å².